The number of nitrogens with one attached hydrogen (secondary N) is 1. The fourth-order valence-electron chi connectivity index (χ4n) is 2.07. The summed E-state index contributed by atoms with van der Waals surface area (Å²) in [6.07, 6.45) is -4.62. The fourth-order valence-corrected chi connectivity index (χ4v) is 2.41. The summed E-state index contributed by atoms with van der Waals surface area (Å²) in [6.45, 7) is -0.726. The predicted octanol–water partition coefficient (Wildman–Crippen LogP) is -2.97. The minimum Gasteiger partial charge on any atom is -0.387 e. The van der Waals surface area contributed by atoms with Crippen molar-refractivity contribution >= 4 is 26.1 Å². The minimum absolute atomic E-state index is 0.175. The second-order valence-corrected chi connectivity index (χ2v) is 6.06. The zero-order chi connectivity index (χ0) is 18.1. The molecular weight excluding hydrogens is 351 g/mol. The van der Waals surface area contributed by atoms with E-state index >= 15 is 0 Å². The number of phosphoric acid groups is 1. The Hall–Kier alpha value is -1.86. The van der Waals surface area contributed by atoms with Gasteiger partial charge in [0.2, 0.25) is 12.4 Å². The van der Waals surface area contributed by atoms with Crippen LogP contribution in [0.2, 0.25) is 0 Å². The quantitative estimate of drug-likeness (QED) is 0.213. The largest absolute Gasteiger partial charge is 0.469 e. The molecule has 2 amide bonds. The molecule has 7 N–H and O–H groups in total. The van der Waals surface area contributed by atoms with Crippen LogP contribution in [0.25, 0.3) is 0 Å². The maximum absolute atomic E-state index is 11.3. The van der Waals surface area contributed by atoms with Crippen LogP contribution in [0.5, 0.6) is 0 Å². The Kier molecular flexibility index (Phi) is 5.35. The summed E-state index contributed by atoms with van der Waals surface area (Å²) in [7, 11) is -4.81. The highest BCUT2D eigenvalue weighted by molar-refractivity contribution is 7.46. The van der Waals surface area contributed by atoms with Crippen molar-refractivity contribution in [3.63, 3.8) is 0 Å². The first-order valence-corrected chi connectivity index (χ1v) is 7.97. The van der Waals surface area contributed by atoms with Gasteiger partial charge in [-0.1, -0.05) is 0 Å². The van der Waals surface area contributed by atoms with Gasteiger partial charge in [-0.25, -0.2) is 9.55 Å². The summed E-state index contributed by atoms with van der Waals surface area (Å²) in [5.74, 6) is -1.05. The highest BCUT2D eigenvalue weighted by Gasteiger charge is 2.47. The van der Waals surface area contributed by atoms with Crippen LogP contribution in [-0.2, 0) is 18.6 Å². The molecule has 13 nitrogen and oxygen atoms in total. The molecule has 0 aliphatic carbocycles. The molecule has 0 radical (unpaired) electrons. The van der Waals surface area contributed by atoms with Crippen LogP contribution >= 0.6 is 7.82 Å². The number of rotatable bonds is 7. The van der Waals surface area contributed by atoms with Gasteiger partial charge in [-0.15, -0.1) is 0 Å². The number of aromatic amines is 1. The molecule has 1 aliphatic rings. The van der Waals surface area contributed by atoms with Gasteiger partial charge in [0.25, 0.3) is 5.91 Å². The Bertz CT molecular complexity index is 661. The lowest BCUT2D eigenvalue weighted by atomic mass is 10.1. The molecule has 0 spiro atoms. The van der Waals surface area contributed by atoms with E-state index in [2.05, 4.69) is 14.5 Å². The van der Waals surface area contributed by atoms with Gasteiger partial charge in [0.1, 0.15) is 24.0 Å². The third-order valence-electron chi connectivity index (χ3n) is 3.19. The smallest absolute Gasteiger partial charge is 0.387 e. The van der Waals surface area contributed by atoms with Crippen molar-refractivity contribution in [2.75, 3.05) is 11.5 Å². The first-order chi connectivity index (χ1) is 11.1. The third-order valence-corrected chi connectivity index (χ3v) is 3.68. The number of imidazole rings is 1. The molecule has 0 saturated carbocycles. The van der Waals surface area contributed by atoms with Gasteiger partial charge in [0.05, 0.1) is 6.61 Å². The number of anilines is 1. The van der Waals surface area contributed by atoms with Crippen molar-refractivity contribution in [3.8, 4) is 0 Å². The van der Waals surface area contributed by atoms with Crippen LogP contribution in [-0.4, -0.2) is 73.4 Å². The third kappa shape index (κ3) is 3.96. The molecule has 1 aromatic heterocycles. The molecule has 2 heterocycles. The van der Waals surface area contributed by atoms with Crippen molar-refractivity contribution < 1.29 is 43.4 Å². The molecule has 1 aromatic rings. The maximum atomic E-state index is 11.3. The number of aromatic nitrogens is 2. The zero-order valence-electron chi connectivity index (χ0n) is 11.9. The van der Waals surface area contributed by atoms with Crippen molar-refractivity contribution in [1.29, 1.82) is 0 Å². The number of amides is 2. The lowest BCUT2D eigenvalue weighted by molar-refractivity contribution is -0.111. The number of aliphatic hydroxyl groups is 2. The number of H-pyrrole nitrogens is 1. The summed E-state index contributed by atoms with van der Waals surface area (Å²) in [4.78, 5) is 46.5. The number of carbonyl (C=O) groups excluding carboxylic acids is 2. The van der Waals surface area contributed by atoms with Crippen LogP contribution in [0.3, 0.4) is 0 Å². The number of hydrogen-bond acceptors (Lipinski definition) is 8. The summed E-state index contributed by atoms with van der Waals surface area (Å²) >= 11 is 0. The first kappa shape index (κ1) is 18.5. The maximum Gasteiger partial charge on any atom is 0.469 e. The van der Waals surface area contributed by atoms with Gasteiger partial charge in [-0.05, 0) is 0 Å². The average molecular weight is 366 g/mol. The summed E-state index contributed by atoms with van der Waals surface area (Å²) < 4.78 is 20.1. The van der Waals surface area contributed by atoms with Crippen molar-refractivity contribution in [2.24, 2.45) is 5.73 Å². The van der Waals surface area contributed by atoms with E-state index in [4.69, 9.17) is 20.3 Å². The molecule has 0 bridgehead atoms. The van der Waals surface area contributed by atoms with Gasteiger partial charge in [-0.2, -0.15) is 0 Å². The van der Waals surface area contributed by atoms with E-state index in [0.29, 0.717) is 0 Å². The van der Waals surface area contributed by atoms with Gasteiger partial charge in [0.15, 0.2) is 6.23 Å². The van der Waals surface area contributed by atoms with E-state index in [9.17, 15) is 24.4 Å². The number of nitrogens with zero attached hydrogens (tertiary/aromatic N) is 2. The molecule has 1 unspecified atom stereocenters. The van der Waals surface area contributed by atoms with Crippen LogP contribution in [0.4, 0.5) is 5.95 Å². The SMILES string of the molecule is NC(=O)c1c[nH]c(N(C=O)C2O[C@H](COP(=O)(O)O)[C@@H](O)[C@H]2O)n1. The molecule has 24 heavy (non-hydrogen) atoms. The molecule has 2 rings (SSSR count). The molecule has 1 aliphatic heterocycles. The van der Waals surface area contributed by atoms with Crippen molar-refractivity contribution in [3.05, 3.63) is 11.9 Å². The average Bonchev–Trinajstić information content (AvgIpc) is 3.07. The Morgan fingerprint density at radius 2 is 2.17 bits per heavy atom. The fraction of sp³-hybridized carbons (Fsp3) is 0.500. The normalized spacial score (nSPS) is 27.2. The highest BCUT2D eigenvalue weighted by Crippen LogP contribution is 2.37. The topological polar surface area (TPSA) is 209 Å². The Labute approximate surface area is 134 Å². The van der Waals surface area contributed by atoms with E-state index < -0.39 is 44.9 Å². The second kappa shape index (κ2) is 6.94. The molecule has 14 heteroatoms. The zero-order valence-corrected chi connectivity index (χ0v) is 12.8. The van der Waals surface area contributed by atoms with E-state index in [0.717, 1.165) is 11.1 Å². The minimum atomic E-state index is -4.81. The number of nitrogens with two attached hydrogens (primary N) is 1. The molecule has 4 atom stereocenters. The van der Waals surface area contributed by atoms with E-state index in [1.807, 2.05) is 0 Å². The molecule has 134 valence electrons. The highest BCUT2D eigenvalue weighted by atomic mass is 31.2. The summed E-state index contributed by atoms with van der Waals surface area (Å²) in [5.41, 5.74) is 4.86. The van der Waals surface area contributed by atoms with Gasteiger partial charge in [0, 0.05) is 6.20 Å². The van der Waals surface area contributed by atoms with Crippen LogP contribution in [0, 0.1) is 0 Å². The summed E-state index contributed by atoms with van der Waals surface area (Å²) in [5, 5.41) is 19.8. The second-order valence-electron chi connectivity index (χ2n) is 4.82. The molecule has 1 saturated heterocycles. The number of phosphoric ester groups is 1. The van der Waals surface area contributed by atoms with E-state index in [1.54, 1.807) is 0 Å². The molecule has 1 fully saturated rings. The lowest BCUT2D eigenvalue weighted by Gasteiger charge is -2.24. The van der Waals surface area contributed by atoms with Crippen molar-refractivity contribution in [1.82, 2.24) is 9.97 Å². The molecular formula is C10H15N4O9P. The Morgan fingerprint density at radius 3 is 2.67 bits per heavy atom. The lowest BCUT2D eigenvalue weighted by Crippen LogP contribution is -2.44. The van der Waals surface area contributed by atoms with Crippen molar-refractivity contribution in [2.45, 2.75) is 24.5 Å². The standard InChI is InChI=1S/C10H15N4O9P/c11-8(18)4-1-12-10(13-4)14(3-15)9-7(17)6(16)5(23-9)2-22-24(19,20)21/h1,3,5-7,9,16-17H,2H2,(H2,11,18)(H,12,13)(H2,19,20,21)/t5-,6-,7-,9?/m1/s1. The van der Waals surface area contributed by atoms with Crippen LogP contribution < -0.4 is 10.6 Å². The monoisotopic (exact) mass is 366 g/mol. The number of aliphatic hydroxyl groups excluding tert-OH is 2. The van der Waals surface area contributed by atoms with Gasteiger partial charge in [-0.3, -0.25) is 19.0 Å². The van der Waals surface area contributed by atoms with E-state index in [-0.39, 0.29) is 18.1 Å². The first-order valence-electron chi connectivity index (χ1n) is 6.44. The van der Waals surface area contributed by atoms with E-state index in [1.165, 1.54) is 0 Å². The van der Waals surface area contributed by atoms with Crippen LogP contribution in [0.15, 0.2) is 6.20 Å². The van der Waals surface area contributed by atoms with Gasteiger partial charge >= 0.3 is 7.82 Å². The Morgan fingerprint density at radius 1 is 1.50 bits per heavy atom. The summed E-state index contributed by atoms with van der Waals surface area (Å²) in [6, 6.07) is 0. The Balaban J connectivity index is 2.14. The number of hydrogen-bond donors (Lipinski definition) is 6. The number of primary amides is 1. The number of ether oxygens (including phenoxy) is 1. The molecule has 0 aromatic carbocycles. The van der Waals surface area contributed by atoms with Crippen LogP contribution in [0.1, 0.15) is 10.5 Å². The predicted molar refractivity (Wildman–Crippen MR) is 74.3 cm³/mol. The number of carbonyl (C=O) groups is 2. The van der Waals surface area contributed by atoms with Gasteiger partial charge < -0.3 is 35.5 Å².